The second-order valence-electron chi connectivity index (χ2n) is 17.4. The van der Waals surface area contributed by atoms with E-state index in [2.05, 4.69) is 50.3 Å². The lowest BCUT2D eigenvalue weighted by molar-refractivity contribution is -0.154. The van der Waals surface area contributed by atoms with E-state index < -0.39 is 13.9 Å². The fourth-order valence-corrected chi connectivity index (χ4v) is 8.20. The van der Waals surface area contributed by atoms with Gasteiger partial charge in [0.15, 0.2) is 0 Å². The monoisotopic (exact) mass is 882 g/mol. The molecule has 0 aliphatic heterocycles. The summed E-state index contributed by atoms with van der Waals surface area (Å²) in [5, 5.41) is 0. The Kier molecular flexibility index (Phi) is 48.7. The Hall–Kier alpha value is -1.28. The van der Waals surface area contributed by atoms with Crippen molar-refractivity contribution in [1.29, 1.82) is 0 Å². The molecule has 0 saturated heterocycles. The average Bonchev–Trinajstić information content (AvgIpc) is 3.25. The number of hydrogen-bond donors (Lipinski definition) is 2. The van der Waals surface area contributed by atoms with Crippen molar-refractivity contribution in [3.05, 3.63) is 36.5 Å². The van der Waals surface area contributed by atoms with Gasteiger partial charge in [-0.25, -0.2) is 4.57 Å². The first kappa shape index (κ1) is 59.7. The minimum Gasteiger partial charge on any atom is -0.457 e. The number of ether oxygens (including phenoxy) is 2. The smallest absolute Gasteiger partial charge is 0.457 e. The Morgan fingerprint density at radius 3 is 1.30 bits per heavy atom. The summed E-state index contributed by atoms with van der Waals surface area (Å²) in [5.74, 6) is -0.330. The van der Waals surface area contributed by atoms with Gasteiger partial charge < -0.3 is 20.1 Å². The highest BCUT2D eigenvalue weighted by molar-refractivity contribution is 7.47. The maximum atomic E-state index is 12.7. The molecule has 61 heavy (non-hydrogen) atoms. The Labute approximate surface area is 378 Å². The number of carbonyl (C=O) groups is 1. The maximum absolute atomic E-state index is 12.7. The Morgan fingerprint density at radius 1 is 0.492 bits per heavy atom. The summed E-state index contributed by atoms with van der Waals surface area (Å²) >= 11 is 0. The molecule has 8 nitrogen and oxygen atoms in total. The van der Waals surface area contributed by atoms with Gasteiger partial charge in [-0.15, -0.1) is 0 Å². The van der Waals surface area contributed by atoms with Crippen LogP contribution in [-0.2, 0) is 27.9 Å². The van der Waals surface area contributed by atoms with Crippen molar-refractivity contribution < 1.29 is 32.8 Å². The molecule has 9 heteroatoms. The molecule has 0 rings (SSSR count). The maximum Gasteiger partial charge on any atom is 0.472 e. The first-order chi connectivity index (χ1) is 29.9. The molecule has 0 saturated carbocycles. The number of unbranched alkanes of at least 4 members (excludes halogenated alkanes) is 31. The number of hydrogen-bond acceptors (Lipinski definition) is 7. The molecule has 0 amide bonds. The van der Waals surface area contributed by atoms with Gasteiger partial charge in [0.2, 0.25) is 0 Å². The summed E-state index contributed by atoms with van der Waals surface area (Å²) < 4.78 is 33.6. The van der Waals surface area contributed by atoms with E-state index in [4.69, 9.17) is 24.3 Å². The second kappa shape index (κ2) is 49.7. The van der Waals surface area contributed by atoms with Crippen LogP contribution in [0.1, 0.15) is 251 Å². The molecule has 0 spiro atoms. The van der Waals surface area contributed by atoms with Crippen molar-refractivity contribution in [2.45, 2.75) is 258 Å². The van der Waals surface area contributed by atoms with E-state index in [0.29, 0.717) is 13.0 Å². The Bertz CT molecular complexity index is 1040. The van der Waals surface area contributed by atoms with Gasteiger partial charge in [0, 0.05) is 19.6 Å². The topological polar surface area (TPSA) is 117 Å². The molecule has 0 aliphatic carbocycles. The summed E-state index contributed by atoms with van der Waals surface area (Å²) in [6.45, 7) is 4.93. The molecule has 0 fully saturated rings. The van der Waals surface area contributed by atoms with Gasteiger partial charge in [-0.1, -0.05) is 211 Å². The van der Waals surface area contributed by atoms with E-state index in [9.17, 15) is 14.3 Å². The Balaban J connectivity index is 3.91. The van der Waals surface area contributed by atoms with Gasteiger partial charge in [-0.05, 0) is 70.6 Å². The SMILES string of the molecule is CCCCCCC/C=C\C/C=C\CCCCCCCCCCCCCCCC(=O)OC(COCCCCCCCC/C=C\CCCCCCCCC)COP(=O)(O)OCCN. The van der Waals surface area contributed by atoms with Crippen LogP contribution < -0.4 is 5.73 Å². The predicted molar refractivity (Wildman–Crippen MR) is 261 cm³/mol. The molecular formula is C52H100NO7P. The molecule has 0 heterocycles. The summed E-state index contributed by atoms with van der Waals surface area (Å²) in [5.41, 5.74) is 5.39. The third-order valence-corrected chi connectivity index (χ3v) is 12.3. The van der Waals surface area contributed by atoms with Crippen molar-refractivity contribution in [2.24, 2.45) is 5.73 Å². The lowest BCUT2D eigenvalue weighted by Crippen LogP contribution is -2.28. The van der Waals surface area contributed by atoms with Crippen LogP contribution in [0.2, 0.25) is 0 Å². The molecule has 0 aliphatic rings. The zero-order chi connectivity index (χ0) is 44.4. The highest BCUT2D eigenvalue weighted by atomic mass is 31.2. The molecular weight excluding hydrogens is 782 g/mol. The third-order valence-electron chi connectivity index (χ3n) is 11.3. The zero-order valence-corrected chi connectivity index (χ0v) is 41.1. The highest BCUT2D eigenvalue weighted by Crippen LogP contribution is 2.43. The third kappa shape index (κ3) is 49.6. The minimum absolute atomic E-state index is 0.0959. The predicted octanol–water partition coefficient (Wildman–Crippen LogP) is 16.1. The molecule has 2 unspecified atom stereocenters. The molecule has 3 N–H and O–H groups in total. The largest absolute Gasteiger partial charge is 0.472 e. The summed E-state index contributed by atoms with van der Waals surface area (Å²) in [6, 6.07) is 0. The average molecular weight is 882 g/mol. The first-order valence-corrected chi connectivity index (χ1v) is 27.5. The van der Waals surface area contributed by atoms with Crippen LogP contribution in [-0.4, -0.2) is 49.9 Å². The van der Waals surface area contributed by atoms with Gasteiger partial charge in [-0.2, -0.15) is 0 Å². The lowest BCUT2D eigenvalue weighted by atomic mass is 10.0. The summed E-state index contributed by atoms with van der Waals surface area (Å²) in [6.07, 6.45) is 58.9. The quantitative estimate of drug-likeness (QED) is 0.0268. The van der Waals surface area contributed by atoms with E-state index in [1.807, 2.05) is 0 Å². The van der Waals surface area contributed by atoms with E-state index in [-0.39, 0.29) is 32.3 Å². The standard InChI is InChI=1S/C52H100NO7P/c1-3-5-7-9-11-13-15-17-19-21-22-23-24-25-26-27-28-29-31-33-35-37-39-41-43-45-52(54)60-51(50-59-61(55,56)58-48-46-53)49-57-47-44-42-40-38-36-34-32-30-20-18-16-14-12-10-8-6-4-2/h15,17,20-22,30,51H,3-14,16,18-19,23-29,31-50,53H2,1-2H3,(H,55,56)/b17-15-,22-21-,30-20-. The zero-order valence-electron chi connectivity index (χ0n) is 40.2. The minimum atomic E-state index is -4.28. The van der Waals surface area contributed by atoms with Crippen LogP contribution in [0.25, 0.3) is 0 Å². The van der Waals surface area contributed by atoms with Gasteiger partial charge in [-0.3, -0.25) is 13.8 Å². The lowest BCUT2D eigenvalue weighted by Gasteiger charge is -2.20. The number of nitrogens with two attached hydrogens (primary N) is 1. The molecule has 0 bridgehead atoms. The van der Waals surface area contributed by atoms with Crippen LogP contribution >= 0.6 is 7.82 Å². The van der Waals surface area contributed by atoms with Crippen molar-refractivity contribution >= 4 is 13.8 Å². The van der Waals surface area contributed by atoms with Crippen molar-refractivity contribution in [2.75, 3.05) is 33.0 Å². The normalized spacial score (nSPS) is 13.6. The molecule has 0 aromatic heterocycles. The van der Waals surface area contributed by atoms with Crippen molar-refractivity contribution in [1.82, 2.24) is 0 Å². The van der Waals surface area contributed by atoms with E-state index in [1.165, 1.54) is 193 Å². The number of esters is 1. The molecule has 0 aromatic rings. The summed E-state index contributed by atoms with van der Waals surface area (Å²) in [4.78, 5) is 22.6. The fraction of sp³-hybridized carbons (Fsp3) is 0.865. The second-order valence-corrected chi connectivity index (χ2v) is 18.8. The highest BCUT2D eigenvalue weighted by Gasteiger charge is 2.25. The van der Waals surface area contributed by atoms with Crippen LogP contribution in [0.4, 0.5) is 0 Å². The summed E-state index contributed by atoms with van der Waals surface area (Å²) in [7, 11) is -4.28. The van der Waals surface area contributed by atoms with E-state index in [0.717, 1.165) is 38.5 Å². The molecule has 0 radical (unpaired) electrons. The molecule has 0 aromatic carbocycles. The number of carbonyl (C=O) groups excluding carboxylic acids is 1. The van der Waals surface area contributed by atoms with Crippen molar-refractivity contribution in [3.8, 4) is 0 Å². The van der Waals surface area contributed by atoms with E-state index >= 15 is 0 Å². The molecule has 2 atom stereocenters. The van der Waals surface area contributed by atoms with Crippen LogP contribution in [0, 0.1) is 0 Å². The van der Waals surface area contributed by atoms with Crippen LogP contribution in [0.15, 0.2) is 36.5 Å². The van der Waals surface area contributed by atoms with Crippen LogP contribution in [0.5, 0.6) is 0 Å². The van der Waals surface area contributed by atoms with Gasteiger partial charge in [0.05, 0.1) is 19.8 Å². The fourth-order valence-electron chi connectivity index (χ4n) is 7.44. The van der Waals surface area contributed by atoms with Crippen molar-refractivity contribution in [3.63, 3.8) is 0 Å². The van der Waals surface area contributed by atoms with Crippen LogP contribution in [0.3, 0.4) is 0 Å². The number of rotatable bonds is 50. The first-order valence-electron chi connectivity index (χ1n) is 26.0. The van der Waals surface area contributed by atoms with Gasteiger partial charge in [0.25, 0.3) is 0 Å². The van der Waals surface area contributed by atoms with Gasteiger partial charge >= 0.3 is 13.8 Å². The van der Waals surface area contributed by atoms with E-state index in [1.54, 1.807) is 0 Å². The number of phosphoric ester groups is 1. The Morgan fingerprint density at radius 2 is 0.869 bits per heavy atom. The molecule has 360 valence electrons. The number of allylic oxidation sites excluding steroid dienone is 6. The number of phosphoric acid groups is 1. The van der Waals surface area contributed by atoms with Gasteiger partial charge in [0.1, 0.15) is 6.10 Å².